The molecule has 0 bridgehead atoms. The molecule has 0 atom stereocenters. The Hall–Kier alpha value is -1.86. The smallest absolute Gasteiger partial charge is 0.187 e. The number of benzene rings is 2. The lowest BCUT2D eigenvalue weighted by Gasteiger charge is -2.00. The van der Waals surface area contributed by atoms with Crippen LogP contribution in [0.1, 0.15) is 21.5 Å². The van der Waals surface area contributed by atoms with Gasteiger partial charge in [0.1, 0.15) is 0 Å². The molecule has 2 heteroatoms. The summed E-state index contributed by atoms with van der Waals surface area (Å²) in [6.45, 7) is 1.96. The molecule has 0 heterocycles. The van der Waals surface area contributed by atoms with Crippen molar-refractivity contribution in [1.29, 1.82) is 0 Å². The number of halogens is 1. The van der Waals surface area contributed by atoms with Crippen LogP contribution in [0.4, 0.5) is 0 Å². The molecule has 1 nitrogen and oxygen atoms in total. The number of carbonyl (C=O) groups excluding carboxylic acids is 1. The first-order valence-electron chi connectivity index (χ1n) is 5.70. The predicted octanol–water partition coefficient (Wildman–Crippen LogP) is 4.46. The van der Waals surface area contributed by atoms with Crippen LogP contribution in [0.2, 0.25) is 0 Å². The third-order valence-electron chi connectivity index (χ3n) is 2.61. The Kier molecular flexibility index (Phi) is 3.96. The second-order valence-corrected chi connectivity index (χ2v) is 4.50. The minimum atomic E-state index is -0.0763. The topological polar surface area (TPSA) is 17.1 Å². The summed E-state index contributed by atoms with van der Waals surface area (Å²) in [7, 11) is 0. The molecule has 90 valence electrons. The van der Waals surface area contributed by atoms with Gasteiger partial charge in [-0.2, -0.15) is 0 Å². The summed E-state index contributed by atoms with van der Waals surface area (Å²) in [4.78, 5) is 12.0. The van der Waals surface area contributed by atoms with Crippen LogP contribution in [-0.2, 0) is 0 Å². The van der Waals surface area contributed by atoms with E-state index in [1.807, 2.05) is 55.5 Å². The Labute approximate surface area is 112 Å². The van der Waals surface area contributed by atoms with Gasteiger partial charge < -0.3 is 0 Å². The first-order chi connectivity index (χ1) is 8.66. The number of aryl methyl sites for hydroxylation is 1. The number of hydrogen-bond acceptors (Lipinski definition) is 1. The van der Waals surface area contributed by atoms with Gasteiger partial charge in [-0.05, 0) is 18.6 Å². The molecule has 2 aromatic rings. The van der Waals surface area contributed by atoms with Crippen molar-refractivity contribution in [3.8, 4) is 0 Å². The van der Waals surface area contributed by atoms with E-state index in [1.165, 1.54) is 6.08 Å². The summed E-state index contributed by atoms with van der Waals surface area (Å²) in [6.07, 6.45) is 1.46. The van der Waals surface area contributed by atoms with Crippen molar-refractivity contribution in [1.82, 2.24) is 0 Å². The molecule has 2 aromatic carbocycles. The number of hydrogen-bond donors (Lipinski definition) is 0. The van der Waals surface area contributed by atoms with Gasteiger partial charge >= 0.3 is 0 Å². The maximum atomic E-state index is 12.0. The Balaban J connectivity index is 2.26. The highest BCUT2D eigenvalue weighted by Gasteiger charge is 2.05. The van der Waals surface area contributed by atoms with Crippen LogP contribution in [0.25, 0.3) is 5.03 Å². The van der Waals surface area contributed by atoms with E-state index in [-0.39, 0.29) is 5.78 Å². The molecule has 0 saturated carbocycles. The van der Waals surface area contributed by atoms with Gasteiger partial charge in [0.15, 0.2) is 5.78 Å². The van der Waals surface area contributed by atoms with Gasteiger partial charge in [0.2, 0.25) is 0 Å². The van der Waals surface area contributed by atoms with Gasteiger partial charge in [-0.15, -0.1) is 0 Å². The summed E-state index contributed by atoms with van der Waals surface area (Å²) in [6, 6.07) is 16.9. The van der Waals surface area contributed by atoms with Gasteiger partial charge in [0.05, 0.1) is 5.03 Å². The van der Waals surface area contributed by atoms with Crippen molar-refractivity contribution in [2.75, 3.05) is 0 Å². The first-order valence-corrected chi connectivity index (χ1v) is 6.08. The van der Waals surface area contributed by atoms with Gasteiger partial charge in [-0.1, -0.05) is 65.7 Å². The van der Waals surface area contributed by atoms with Crippen LogP contribution in [0.15, 0.2) is 60.7 Å². The van der Waals surface area contributed by atoms with Crippen molar-refractivity contribution >= 4 is 22.4 Å². The highest BCUT2D eigenvalue weighted by molar-refractivity contribution is 6.50. The van der Waals surface area contributed by atoms with E-state index in [9.17, 15) is 4.79 Å². The Morgan fingerprint density at radius 1 is 1.00 bits per heavy atom. The van der Waals surface area contributed by atoms with Gasteiger partial charge in [0.25, 0.3) is 0 Å². The number of ketones is 1. The van der Waals surface area contributed by atoms with E-state index in [1.54, 1.807) is 6.07 Å². The van der Waals surface area contributed by atoms with Crippen molar-refractivity contribution in [2.24, 2.45) is 0 Å². The monoisotopic (exact) mass is 256 g/mol. The number of allylic oxidation sites excluding steroid dienone is 1. The van der Waals surface area contributed by atoms with Crippen LogP contribution < -0.4 is 0 Å². The van der Waals surface area contributed by atoms with Crippen LogP contribution >= 0.6 is 11.6 Å². The largest absolute Gasteiger partial charge is 0.289 e. The molecule has 0 aliphatic heterocycles. The van der Waals surface area contributed by atoms with Gasteiger partial charge in [-0.25, -0.2) is 0 Å². The van der Waals surface area contributed by atoms with Crippen LogP contribution in [0, 0.1) is 6.92 Å². The third kappa shape index (κ3) is 3.08. The van der Waals surface area contributed by atoms with Crippen LogP contribution in [-0.4, -0.2) is 5.78 Å². The molecule has 0 fully saturated rings. The maximum Gasteiger partial charge on any atom is 0.187 e. The van der Waals surface area contributed by atoms with Crippen LogP contribution in [0.5, 0.6) is 0 Å². The SMILES string of the molecule is Cc1cccc(C(=O)/C=C(\Cl)c2ccccc2)c1. The minimum Gasteiger partial charge on any atom is -0.289 e. The lowest BCUT2D eigenvalue weighted by Crippen LogP contribution is -1.95. The second-order valence-electron chi connectivity index (χ2n) is 4.09. The molecule has 0 aliphatic carbocycles. The highest BCUT2D eigenvalue weighted by Crippen LogP contribution is 2.19. The lowest BCUT2D eigenvalue weighted by atomic mass is 10.1. The zero-order valence-electron chi connectivity index (χ0n) is 10.1. The maximum absolute atomic E-state index is 12.0. The zero-order chi connectivity index (χ0) is 13.0. The molecule has 0 amide bonds. The molecular formula is C16H13ClO. The fourth-order valence-corrected chi connectivity index (χ4v) is 1.90. The normalized spacial score (nSPS) is 11.3. The zero-order valence-corrected chi connectivity index (χ0v) is 10.8. The molecule has 2 rings (SSSR count). The van der Waals surface area contributed by atoms with E-state index >= 15 is 0 Å². The van der Waals surface area contributed by atoms with Crippen molar-refractivity contribution in [2.45, 2.75) is 6.92 Å². The number of carbonyl (C=O) groups is 1. The standard InChI is InChI=1S/C16H13ClO/c1-12-6-5-9-14(10-12)16(18)11-15(17)13-7-3-2-4-8-13/h2-11H,1H3/b15-11-. The molecule has 0 aromatic heterocycles. The average molecular weight is 257 g/mol. The third-order valence-corrected chi connectivity index (χ3v) is 2.94. The molecular weight excluding hydrogens is 244 g/mol. The molecule has 0 N–H and O–H groups in total. The average Bonchev–Trinajstić information content (AvgIpc) is 2.39. The molecule has 18 heavy (non-hydrogen) atoms. The van der Waals surface area contributed by atoms with Gasteiger partial charge in [-0.3, -0.25) is 4.79 Å². The number of rotatable bonds is 3. The summed E-state index contributed by atoms with van der Waals surface area (Å²) in [5, 5.41) is 0.460. The summed E-state index contributed by atoms with van der Waals surface area (Å²) in [5.74, 6) is -0.0763. The molecule has 0 unspecified atom stereocenters. The van der Waals surface area contributed by atoms with E-state index in [0.29, 0.717) is 10.6 Å². The van der Waals surface area contributed by atoms with Crippen molar-refractivity contribution < 1.29 is 4.79 Å². The van der Waals surface area contributed by atoms with Gasteiger partial charge in [0, 0.05) is 11.6 Å². The van der Waals surface area contributed by atoms with E-state index in [4.69, 9.17) is 11.6 Å². The molecule has 0 radical (unpaired) electrons. The quantitative estimate of drug-likeness (QED) is 0.585. The summed E-state index contributed by atoms with van der Waals surface area (Å²) >= 11 is 6.13. The first kappa shape index (κ1) is 12.6. The molecule has 0 aliphatic rings. The van der Waals surface area contributed by atoms with Crippen molar-refractivity contribution in [3.63, 3.8) is 0 Å². The van der Waals surface area contributed by atoms with Crippen LogP contribution in [0.3, 0.4) is 0 Å². The summed E-state index contributed by atoms with van der Waals surface area (Å²) in [5.41, 5.74) is 2.56. The Bertz CT molecular complexity index is 585. The van der Waals surface area contributed by atoms with Crippen molar-refractivity contribution in [3.05, 3.63) is 77.4 Å². The second kappa shape index (κ2) is 5.65. The summed E-state index contributed by atoms with van der Waals surface area (Å²) < 4.78 is 0. The van der Waals surface area contributed by atoms with E-state index < -0.39 is 0 Å². The molecule has 0 spiro atoms. The minimum absolute atomic E-state index is 0.0763. The fraction of sp³-hybridized carbons (Fsp3) is 0.0625. The molecule has 0 saturated heterocycles. The highest BCUT2D eigenvalue weighted by atomic mass is 35.5. The fourth-order valence-electron chi connectivity index (χ4n) is 1.68. The Morgan fingerprint density at radius 2 is 1.67 bits per heavy atom. The van der Waals surface area contributed by atoms with E-state index in [0.717, 1.165) is 11.1 Å². The predicted molar refractivity (Wildman–Crippen MR) is 75.8 cm³/mol. The Morgan fingerprint density at radius 3 is 2.33 bits per heavy atom. The van der Waals surface area contributed by atoms with E-state index in [2.05, 4.69) is 0 Å². The lowest BCUT2D eigenvalue weighted by molar-refractivity contribution is 0.104.